The Morgan fingerprint density at radius 1 is 0.784 bits per heavy atom. The Labute approximate surface area is 230 Å². The Bertz CT molecular complexity index is 1290. The zero-order chi connectivity index (χ0) is 26.5. The zero-order valence-corrected chi connectivity index (χ0v) is 24.5. The first-order chi connectivity index (χ1) is 17.8. The topological polar surface area (TPSA) is 29.5 Å². The molecule has 0 aromatic heterocycles. The van der Waals surface area contributed by atoms with Crippen LogP contribution >= 0.6 is 23.9 Å². The molecular weight excluding hydrogens is 541 g/mol. The third kappa shape index (κ3) is 5.66. The van der Waals surface area contributed by atoms with Gasteiger partial charge in [-0.1, -0.05) is 91.0 Å². The van der Waals surface area contributed by atoms with Crippen molar-refractivity contribution in [2.75, 3.05) is 7.11 Å². The molecule has 0 fully saturated rings. The van der Waals surface area contributed by atoms with Gasteiger partial charge in [-0.15, -0.1) is 0 Å². The van der Waals surface area contributed by atoms with Crippen LogP contribution in [0.4, 0.5) is 0 Å². The third-order valence-electron chi connectivity index (χ3n) is 6.31. The first kappa shape index (κ1) is 27.1. The number of amides is 1. The molecule has 0 N–H and O–H groups in total. The summed E-state index contributed by atoms with van der Waals surface area (Å²) >= 11 is 3.85. The molecule has 1 amide bonds. The number of methoxy groups -OCH3 is 1. The van der Waals surface area contributed by atoms with Crippen molar-refractivity contribution in [3.8, 4) is 16.9 Å². The molecule has 4 rings (SSSR count). The molecule has 0 bridgehead atoms. The van der Waals surface area contributed by atoms with Crippen molar-refractivity contribution in [2.45, 2.75) is 39.8 Å². The van der Waals surface area contributed by atoms with Crippen molar-refractivity contribution >= 4 is 45.7 Å². The monoisotopic (exact) mass is 573 g/mol. The smallest absolute Gasteiger partial charge is 0.256 e. The molecule has 0 atom stereocenters. The Morgan fingerprint density at radius 3 is 1.68 bits per heavy atom. The van der Waals surface area contributed by atoms with Crippen LogP contribution in [0.2, 0.25) is 0 Å². The van der Waals surface area contributed by atoms with Crippen molar-refractivity contribution in [1.82, 2.24) is 4.90 Å². The van der Waals surface area contributed by atoms with E-state index >= 15 is 0 Å². The van der Waals surface area contributed by atoms with Gasteiger partial charge in [0.2, 0.25) is 0 Å². The van der Waals surface area contributed by atoms with Crippen LogP contribution < -0.4 is 20.7 Å². The minimum atomic E-state index is -1.11. The highest BCUT2D eigenvalue weighted by molar-refractivity contribution is 9.10. The van der Waals surface area contributed by atoms with Gasteiger partial charge in [0.05, 0.1) is 12.7 Å². The van der Waals surface area contributed by atoms with Crippen molar-refractivity contribution in [3.05, 3.63) is 107 Å². The fourth-order valence-corrected chi connectivity index (χ4v) is 8.19. The van der Waals surface area contributed by atoms with Gasteiger partial charge in [0.25, 0.3) is 5.91 Å². The quantitative estimate of drug-likeness (QED) is 0.210. The van der Waals surface area contributed by atoms with E-state index in [0.717, 1.165) is 37.3 Å². The Hall–Kier alpha value is -2.94. The highest BCUT2D eigenvalue weighted by Gasteiger charge is 2.34. The predicted octanol–water partition coefficient (Wildman–Crippen LogP) is 7.14. The van der Waals surface area contributed by atoms with Crippen LogP contribution in [0.15, 0.2) is 102 Å². The first-order valence-electron chi connectivity index (χ1n) is 12.5. The van der Waals surface area contributed by atoms with Crippen molar-refractivity contribution in [1.29, 1.82) is 0 Å². The van der Waals surface area contributed by atoms with E-state index in [1.807, 2.05) is 41.3 Å². The van der Waals surface area contributed by atoms with Crippen LogP contribution in [0.3, 0.4) is 0 Å². The lowest BCUT2D eigenvalue weighted by molar-refractivity contribution is 0.0644. The fourth-order valence-electron chi connectivity index (χ4n) is 4.83. The Balaban J connectivity index is 2.13. The highest BCUT2D eigenvalue weighted by atomic mass is 79.9. The molecule has 3 nitrogen and oxygen atoms in total. The molecule has 190 valence electrons. The minimum Gasteiger partial charge on any atom is -0.495 e. The number of hydrogen-bond acceptors (Lipinski definition) is 2. The normalized spacial score (nSPS) is 11.3. The van der Waals surface area contributed by atoms with Crippen LogP contribution in [0.5, 0.6) is 5.75 Å². The van der Waals surface area contributed by atoms with Crippen LogP contribution in [-0.4, -0.2) is 30.0 Å². The summed E-state index contributed by atoms with van der Waals surface area (Å²) < 4.78 is 7.00. The maximum atomic E-state index is 14.4. The number of halogens is 1. The van der Waals surface area contributed by atoms with E-state index in [1.54, 1.807) is 7.11 Å². The second kappa shape index (κ2) is 12.1. The van der Waals surface area contributed by atoms with Crippen molar-refractivity contribution in [3.63, 3.8) is 0 Å². The number of hydrogen-bond donors (Lipinski definition) is 0. The van der Waals surface area contributed by atoms with E-state index < -0.39 is 7.92 Å². The fraction of sp³-hybridized carbons (Fsp3) is 0.219. The average Bonchev–Trinajstić information content (AvgIpc) is 2.90. The van der Waals surface area contributed by atoms with Crippen LogP contribution in [0, 0.1) is 0 Å². The molecular formula is C32H33BrNO2P. The first-order valence-corrected chi connectivity index (χ1v) is 14.7. The molecule has 0 unspecified atom stereocenters. The van der Waals surface area contributed by atoms with Gasteiger partial charge in [0.15, 0.2) is 0 Å². The Morgan fingerprint density at radius 2 is 1.24 bits per heavy atom. The lowest BCUT2D eigenvalue weighted by Gasteiger charge is -2.34. The summed E-state index contributed by atoms with van der Waals surface area (Å²) in [6, 6.07) is 33.3. The van der Waals surface area contributed by atoms with Crippen LogP contribution in [0.25, 0.3) is 11.1 Å². The third-order valence-corrected chi connectivity index (χ3v) is 9.44. The maximum absolute atomic E-state index is 14.4. The minimum absolute atomic E-state index is 0.00384. The summed E-state index contributed by atoms with van der Waals surface area (Å²) in [5, 5.41) is 3.25. The zero-order valence-electron chi connectivity index (χ0n) is 22.0. The molecule has 4 aromatic rings. The van der Waals surface area contributed by atoms with E-state index in [1.165, 1.54) is 0 Å². The number of carbonyl (C=O) groups excluding carboxylic acids is 1. The summed E-state index contributed by atoms with van der Waals surface area (Å²) in [5.74, 6) is 0.744. The number of carbonyl (C=O) groups is 1. The van der Waals surface area contributed by atoms with E-state index in [9.17, 15) is 4.79 Å². The van der Waals surface area contributed by atoms with E-state index in [4.69, 9.17) is 4.74 Å². The lowest BCUT2D eigenvalue weighted by atomic mass is 10.0. The molecule has 0 saturated carbocycles. The molecule has 0 radical (unpaired) electrons. The SMILES string of the molecule is COc1c(-c2ccccc2)cc(Br)c(C(=O)N(C(C)C)C(C)C)c1P(c1ccccc1)c1ccccc1. The number of nitrogens with zero attached hydrogens (tertiary/aromatic N) is 1. The summed E-state index contributed by atoms with van der Waals surface area (Å²) in [5.41, 5.74) is 2.67. The number of rotatable bonds is 8. The van der Waals surface area contributed by atoms with Crippen molar-refractivity contribution < 1.29 is 9.53 Å². The molecule has 0 aliphatic rings. The Kier molecular flexibility index (Phi) is 8.84. The predicted molar refractivity (Wildman–Crippen MR) is 161 cm³/mol. The van der Waals surface area contributed by atoms with Crippen LogP contribution in [0.1, 0.15) is 38.1 Å². The van der Waals surface area contributed by atoms with Gasteiger partial charge in [0.1, 0.15) is 5.75 Å². The van der Waals surface area contributed by atoms with E-state index in [2.05, 4.69) is 104 Å². The molecule has 4 aromatic carbocycles. The second-order valence-electron chi connectivity index (χ2n) is 9.44. The maximum Gasteiger partial charge on any atom is 0.256 e. The summed E-state index contributed by atoms with van der Waals surface area (Å²) in [4.78, 5) is 16.4. The van der Waals surface area contributed by atoms with Gasteiger partial charge in [-0.05, 0) is 73.8 Å². The molecule has 5 heteroatoms. The standard InChI is InChI=1S/C32H33BrNO2P/c1-22(2)34(23(3)4)32(35)29-28(33)21-27(24-15-9-6-10-16-24)30(36-5)31(29)37(25-17-11-7-12-18-25)26-19-13-8-14-20-26/h6-23H,1-5H3. The van der Waals surface area contributed by atoms with Gasteiger partial charge in [0, 0.05) is 27.4 Å². The summed E-state index contributed by atoms with van der Waals surface area (Å²) in [6.45, 7) is 8.27. The number of benzene rings is 4. The highest BCUT2D eigenvalue weighted by Crippen LogP contribution is 2.45. The largest absolute Gasteiger partial charge is 0.495 e. The number of ether oxygens (including phenoxy) is 1. The van der Waals surface area contributed by atoms with E-state index in [0.29, 0.717) is 5.56 Å². The summed E-state index contributed by atoms with van der Waals surface area (Å²) in [6.07, 6.45) is 0. The van der Waals surface area contributed by atoms with Gasteiger partial charge < -0.3 is 9.64 Å². The molecule has 0 aliphatic carbocycles. The average molecular weight is 574 g/mol. The molecule has 0 aliphatic heterocycles. The molecule has 37 heavy (non-hydrogen) atoms. The van der Waals surface area contributed by atoms with Crippen molar-refractivity contribution in [2.24, 2.45) is 0 Å². The molecule has 0 saturated heterocycles. The van der Waals surface area contributed by atoms with Crippen LogP contribution in [-0.2, 0) is 0 Å². The summed E-state index contributed by atoms with van der Waals surface area (Å²) in [7, 11) is 0.593. The lowest BCUT2D eigenvalue weighted by Crippen LogP contribution is -2.44. The van der Waals surface area contributed by atoms with E-state index in [-0.39, 0.29) is 18.0 Å². The van der Waals surface area contributed by atoms with Gasteiger partial charge in [-0.3, -0.25) is 4.79 Å². The molecule has 0 spiro atoms. The van der Waals surface area contributed by atoms with Gasteiger partial charge in [-0.25, -0.2) is 0 Å². The molecule has 0 heterocycles. The second-order valence-corrected chi connectivity index (χ2v) is 12.4. The van der Waals surface area contributed by atoms with Gasteiger partial charge >= 0.3 is 0 Å². The van der Waals surface area contributed by atoms with Gasteiger partial charge in [-0.2, -0.15) is 0 Å².